The molecule has 5 nitrogen and oxygen atoms in total. The minimum absolute atomic E-state index is 0.101. The van der Waals surface area contributed by atoms with E-state index in [4.69, 9.17) is 5.11 Å². The Morgan fingerprint density at radius 2 is 1.83 bits per heavy atom. The summed E-state index contributed by atoms with van der Waals surface area (Å²) >= 11 is 0. The summed E-state index contributed by atoms with van der Waals surface area (Å²) in [5.74, 6) is -0.898. The standard InChI is InChI=1S/C13H15N3O2/c1-8-4-9(2)6-11(5-8)16-10(3)12(14-15-16)7-13(17)18/h4-6H,7H2,1-3H3,(H,17,18). The fourth-order valence-corrected chi connectivity index (χ4v) is 1.99. The summed E-state index contributed by atoms with van der Waals surface area (Å²) in [6.45, 7) is 5.86. The molecule has 0 aliphatic carbocycles. The molecule has 0 bridgehead atoms. The van der Waals surface area contributed by atoms with Crippen molar-refractivity contribution >= 4 is 5.97 Å². The van der Waals surface area contributed by atoms with Gasteiger partial charge in [-0.2, -0.15) is 0 Å². The van der Waals surface area contributed by atoms with E-state index in [2.05, 4.69) is 16.4 Å². The number of carboxylic acids is 1. The number of rotatable bonds is 3. The number of benzene rings is 1. The third-order valence-corrected chi connectivity index (χ3v) is 2.76. The number of nitrogens with zero attached hydrogens (tertiary/aromatic N) is 3. The Hall–Kier alpha value is -2.17. The van der Waals surface area contributed by atoms with E-state index in [9.17, 15) is 4.79 Å². The zero-order valence-corrected chi connectivity index (χ0v) is 10.6. The lowest BCUT2D eigenvalue weighted by molar-refractivity contribution is -0.136. The molecule has 0 aliphatic heterocycles. The molecule has 18 heavy (non-hydrogen) atoms. The predicted octanol–water partition coefficient (Wildman–Crippen LogP) is 1.82. The van der Waals surface area contributed by atoms with E-state index < -0.39 is 5.97 Å². The molecule has 0 unspecified atom stereocenters. The van der Waals surface area contributed by atoms with Crippen LogP contribution in [0.25, 0.3) is 5.69 Å². The molecular formula is C13H15N3O2. The van der Waals surface area contributed by atoms with Crippen molar-refractivity contribution in [3.05, 3.63) is 40.7 Å². The van der Waals surface area contributed by atoms with Crippen LogP contribution in [0.5, 0.6) is 0 Å². The van der Waals surface area contributed by atoms with Crippen LogP contribution >= 0.6 is 0 Å². The van der Waals surface area contributed by atoms with Crippen LogP contribution in [0.3, 0.4) is 0 Å². The molecule has 2 aromatic rings. The molecular weight excluding hydrogens is 230 g/mol. The first-order valence-electron chi connectivity index (χ1n) is 5.69. The van der Waals surface area contributed by atoms with Crippen molar-refractivity contribution in [2.45, 2.75) is 27.2 Å². The molecule has 5 heteroatoms. The maximum atomic E-state index is 10.7. The minimum atomic E-state index is -0.898. The lowest BCUT2D eigenvalue weighted by Gasteiger charge is -2.06. The van der Waals surface area contributed by atoms with Gasteiger partial charge in [-0.1, -0.05) is 11.3 Å². The number of aryl methyl sites for hydroxylation is 2. The van der Waals surface area contributed by atoms with Gasteiger partial charge in [-0.15, -0.1) is 5.10 Å². The molecule has 0 saturated carbocycles. The summed E-state index contributed by atoms with van der Waals surface area (Å²) in [6.07, 6.45) is -0.101. The number of carbonyl (C=O) groups is 1. The van der Waals surface area contributed by atoms with Gasteiger partial charge in [0.1, 0.15) is 0 Å². The summed E-state index contributed by atoms with van der Waals surface area (Å²) in [5.41, 5.74) is 4.46. The molecule has 0 fully saturated rings. The Morgan fingerprint density at radius 3 is 2.39 bits per heavy atom. The second-order valence-electron chi connectivity index (χ2n) is 4.45. The van der Waals surface area contributed by atoms with E-state index in [1.807, 2.05) is 32.9 Å². The summed E-state index contributed by atoms with van der Waals surface area (Å²) in [6, 6.07) is 6.08. The van der Waals surface area contributed by atoms with Crippen LogP contribution in [0.15, 0.2) is 18.2 Å². The van der Waals surface area contributed by atoms with Crippen LogP contribution in [0.2, 0.25) is 0 Å². The van der Waals surface area contributed by atoms with E-state index in [-0.39, 0.29) is 6.42 Å². The van der Waals surface area contributed by atoms with Crippen molar-refractivity contribution in [3.8, 4) is 5.69 Å². The average Bonchev–Trinajstić information content (AvgIpc) is 2.58. The van der Waals surface area contributed by atoms with Gasteiger partial charge in [0.15, 0.2) is 0 Å². The average molecular weight is 245 g/mol. The molecule has 1 heterocycles. The number of hydrogen-bond donors (Lipinski definition) is 1. The molecule has 2 rings (SSSR count). The van der Waals surface area contributed by atoms with Gasteiger partial charge in [0.2, 0.25) is 0 Å². The summed E-state index contributed by atoms with van der Waals surface area (Å²) < 4.78 is 1.68. The highest BCUT2D eigenvalue weighted by atomic mass is 16.4. The highest BCUT2D eigenvalue weighted by Crippen LogP contribution is 2.16. The van der Waals surface area contributed by atoms with Gasteiger partial charge < -0.3 is 5.11 Å². The monoisotopic (exact) mass is 245 g/mol. The smallest absolute Gasteiger partial charge is 0.309 e. The van der Waals surface area contributed by atoms with Gasteiger partial charge in [-0.25, -0.2) is 4.68 Å². The quantitative estimate of drug-likeness (QED) is 0.895. The molecule has 0 saturated heterocycles. The second-order valence-corrected chi connectivity index (χ2v) is 4.45. The van der Waals surface area contributed by atoms with Gasteiger partial charge in [0.25, 0.3) is 0 Å². The summed E-state index contributed by atoms with van der Waals surface area (Å²) in [4.78, 5) is 10.7. The molecule has 0 radical (unpaired) electrons. The summed E-state index contributed by atoms with van der Waals surface area (Å²) in [5, 5.41) is 16.7. The molecule has 1 aromatic heterocycles. The van der Waals surface area contributed by atoms with E-state index >= 15 is 0 Å². The lowest BCUT2D eigenvalue weighted by atomic mass is 10.1. The minimum Gasteiger partial charge on any atom is -0.481 e. The van der Waals surface area contributed by atoms with Gasteiger partial charge in [0, 0.05) is 0 Å². The van der Waals surface area contributed by atoms with Crippen LogP contribution in [0.4, 0.5) is 0 Å². The van der Waals surface area contributed by atoms with Gasteiger partial charge >= 0.3 is 5.97 Å². The third-order valence-electron chi connectivity index (χ3n) is 2.76. The first kappa shape index (κ1) is 12.3. The molecule has 0 amide bonds. The topological polar surface area (TPSA) is 68.0 Å². The van der Waals surface area contributed by atoms with Gasteiger partial charge in [0.05, 0.1) is 23.5 Å². The highest BCUT2D eigenvalue weighted by molar-refractivity contribution is 5.69. The number of hydrogen-bond acceptors (Lipinski definition) is 3. The Labute approximate surface area is 105 Å². The number of aliphatic carboxylic acids is 1. The number of carboxylic acid groups (broad SMARTS) is 1. The molecule has 1 aromatic carbocycles. The maximum Gasteiger partial charge on any atom is 0.309 e. The molecule has 0 atom stereocenters. The van der Waals surface area contributed by atoms with Crippen molar-refractivity contribution in [3.63, 3.8) is 0 Å². The Morgan fingerprint density at radius 1 is 1.22 bits per heavy atom. The van der Waals surface area contributed by atoms with Crippen molar-refractivity contribution in [1.29, 1.82) is 0 Å². The number of aromatic nitrogens is 3. The zero-order chi connectivity index (χ0) is 13.3. The second kappa shape index (κ2) is 4.60. The lowest BCUT2D eigenvalue weighted by Crippen LogP contribution is -2.04. The zero-order valence-electron chi connectivity index (χ0n) is 10.6. The van der Waals surface area contributed by atoms with Gasteiger partial charge in [-0.05, 0) is 44.0 Å². The van der Waals surface area contributed by atoms with Crippen LogP contribution in [0.1, 0.15) is 22.5 Å². The van der Waals surface area contributed by atoms with Crippen LogP contribution in [-0.2, 0) is 11.2 Å². The van der Waals surface area contributed by atoms with Crippen LogP contribution in [0, 0.1) is 20.8 Å². The van der Waals surface area contributed by atoms with E-state index in [1.165, 1.54) is 0 Å². The van der Waals surface area contributed by atoms with E-state index in [0.29, 0.717) is 5.69 Å². The van der Waals surface area contributed by atoms with Crippen molar-refractivity contribution in [2.24, 2.45) is 0 Å². The Balaban J connectivity index is 2.45. The Kier molecular flexibility index (Phi) is 3.14. The predicted molar refractivity (Wildman–Crippen MR) is 66.9 cm³/mol. The van der Waals surface area contributed by atoms with Crippen molar-refractivity contribution in [1.82, 2.24) is 15.0 Å². The maximum absolute atomic E-state index is 10.7. The summed E-state index contributed by atoms with van der Waals surface area (Å²) in [7, 11) is 0. The fourth-order valence-electron chi connectivity index (χ4n) is 1.99. The van der Waals surface area contributed by atoms with Crippen LogP contribution < -0.4 is 0 Å². The molecule has 1 N–H and O–H groups in total. The van der Waals surface area contributed by atoms with E-state index in [0.717, 1.165) is 22.5 Å². The molecule has 94 valence electrons. The normalized spacial score (nSPS) is 10.6. The first-order chi connectivity index (χ1) is 8.47. The SMILES string of the molecule is Cc1cc(C)cc(-n2nnc(CC(=O)O)c2C)c1. The first-order valence-corrected chi connectivity index (χ1v) is 5.69. The Bertz CT molecular complexity index is 582. The van der Waals surface area contributed by atoms with Crippen LogP contribution in [-0.4, -0.2) is 26.1 Å². The van der Waals surface area contributed by atoms with Crippen molar-refractivity contribution < 1.29 is 9.90 Å². The molecule has 0 spiro atoms. The van der Waals surface area contributed by atoms with Crippen molar-refractivity contribution in [2.75, 3.05) is 0 Å². The largest absolute Gasteiger partial charge is 0.481 e. The third kappa shape index (κ3) is 2.40. The van der Waals surface area contributed by atoms with E-state index in [1.54, 1.807) is 4.68 Å². The fraction of sp³-hybridized carbons (Fsp3) is 0.308. The molecule has 0 aliphatic rings. The highest BCUT2D eigenvalue weighted by Gasteiger charge is 2.13. The van der Waals surface area contributed by atoms with Gasteiger partial charge in [-0.3, -0.25) is 4.79 Å².